The second kappa shape index (κ2) is 9.52. The fourth-order valence-corrected chi connectivity index (χ4v) is 5.21. The molecule has 11 heteroatoms. The molecule has 0 saturated carbocycles. The molecule has 3 rings (SSSR count). The van der Waals surface area contributed by atoms with E-state index in [0.29, 0.717) is 5.01 Å². The van der Waals surface area contributed by atoms with Crippen LogP contribution in [0.1, 0.15) is 18.9 Å². The van der Waals surface area contributed by atoms with E-state index in [9.17, 15) is 13.2 Å². The van der Waals surface area contributed by atoms with Gasteiger partial charge in [-0.3, -0.25) is 14.4 Å². The monoisotopic (exact) mass is 498 g/mol. The van der Waals surface area contributed by atoms with Gasteiger partial charge in [0.2, 0.25) is 21.1 Å². The second-order valence-corrected chi connectivity index (χ2v) is 10.5. The Bertz CT molecular complexity index is 1200. The molecule has 0 bridgehead atoms. The van der Waals surface area contributed by atoms with Crippen molar-refractivity contribution >= 4 is 61.3 Å². The number of aromatic nitrogens is 2. The minimum atomic E-state index is -3.80. The number of hydrogen-bond donors (Lipinski definition) is 1. The average Bonchev–Trinajstić information content (AvgIpc) is 3.16. The van der Waals surface area contributed by atoms with Gasteiger partial charge in [-0.1, -0.05) is 71.3 Å². The number of amides is 1. The van der Waals surface area contributed by atoms with Crippen LogP contribution in [0.3, 0.4) is 0 Å². The number of rotatable bonds is 7. The fourth-order valence-electron chi connectivity index (χ4n) is 2.96. The SMILES string of the molecule is CC[C@H](C(=O)Nc1nnc(-c2ccc(C)cc2)s1)N(c1ccc(Cl)c(Cl)c1)S(C)(=O)=O. The Hall–Kier alpha value is -2.20. The second-order valence-electron chi connectivity index (χ2n) is 6.85. The Kier molecular flexibility index (Phi) is 7.20. The first-order valence-electron chi connectivity index (χ1n) is 9.26. The van der Waals surface area contributed by atoms with E-state index in [-0.39, 0.29) is 27.3 Å². The van der Waals surface area contributed by atoms with Crippen molar-refractivity contribution in [1.29, 1.82) is 0 Å². The molecular formula is C20H20Cl2N4O3S2. The van der Waals surface area contributed by atoms with Crippen molar-refractivity contribution in [2.75, 3.05) is 15.9 Å². The lowest BCUT2D eigenvalue weighted by atomic mass is 10.2. The fraction of sp³-hybridized carbons (Fsp3) is 0.250. The number of aryl methyl sites for hydroxylation is 1. The van der Waals surface area contributed by atoms with Crippen molar-refractivity contribution in [1.82, 2.24) is 10.2 Å². The van der Waals surface area contributed by atoms with Gasteiger partial charge in [0.25, 0.3) is 0 Å². The van der Waals surface area contributed by atoms with E-state index in [1.165, 1.54) is 29.5 Å². The number of nitrogens with zero attached hydrogens (tertiary/aromatic N) is 3. The molecule has 3 aromatic rings. The summed E-state index contributed by atoms with van der Waals surface area (Å²) in [6, 6.07) is 11.2. The van der Waals surface area contributed by atoms with Gasteiger partial charge in [0.05, 0.1) is 22.0 Å². The largest absolute Gasteiger partial charge is 0.299 e. The van der Waals surface area contributed by atoms with E-state index >= 15 is 0 Å². The first kappa shape index (κ1) is 23.5. The van der Waals surface area contributed by atoms with Crippen molar-refractivity contribution < 1.29 is 13.2 Å². The zero-order chi connectivity index (χ0) is 22.8. The summed E-state index contributed by atoms with van der Waals surface area (Å²) < 4.78 is 26.1. The highest BCUT2D eigenvalue weighted by molar-refractivity contribution is 7.92. The summed E-state index contributed by atoms with van der Waals surface area (Å²) >= 11 is 13.2. The van der Waals surface area contributed by atoms with E-state index in [1.54, 1.807) is 6.92 Å². The molecule has 7 nitrogen and oxygen atoms in total. The summed E-state index contributed by atoms with van der Waals surface area (Å²) in [5.41, 5.74) is 2.25. The molecule has 0 saturated heterocycles. The van der Waals surface area contributed by atoms with Crippen LogP contribution in [0.25, 0.3) is 10.6 Å². The van der Waals surface area contributed by atoms with Crippen LogP contribution in [0.15, 0.2) is 42.5 Å². The number of nitrogens with one attached hydrogen (secondary N) is 1. The maximum atomic E-state index is 13.0. The molecule has 0 aliphatic heterocycles. The van der Waals surface area contributed by atoms with Crippen molar-refractivity contribution in [3.05, 3.63) is 58.1 Å². The normalized spacial score (nSPS) is 12.4. The van der Waals surface area contributed by atoms with Crippen LogP contribution in [0.4, 0.5) is 10.8 Å². The van der Waals surface area contributed by atoms with Gasteiger partial charge < -0.3 is 0 Å². The first-order chi connectivity index (χ1) is 14.6. The number of hydrogen-bond acceptors (Lipinski definition) is 6. The summed E-state index contributed by atoms with van der Waals surface area (Å²) in [4.78, 5) is 13.0. The Balaban J connectivity index is 1.87. The summed E-state index contributed by atoms with van der Waals surface area (Å²) in [7, 11) is -3.80. The highest BCUT2D eigenvalue weighted by atomic mass is 35.5. The summed E-state index contributed by atoms with van der Waals surface area (Å²) in [6.07, 6.45) is 1.26. The smallest absolute Gasteiger partial charge is 0.250 e. The van der Waals surface area contributed by atoms with Gasteiger partial charge >= 0.3 is 0 Å². The molecule has 2 aromatic carbocycles. The van der Waals surface area contributed by atoms with E-state index in [4.69, 9.17) is 23.2 Å². The first-order valence-corrected chi connectivity index (χ1v) is 12.7. The molecule has 1 amide bonds. The standard InChI is InChI=1S/C20H20Cl2N4O3S2/c1-4-17(26(31(3,28)29)14-9-10-15(21)16(22)11-14)18(27)23-20-25-24-19(30-20)13-7-5-12(2)6-8-13/h5-11,17H,4H2,1-3H3,(H,23,25,27)/t17-/m1/s1. The minimum absolute atomic E-state index is 0.190. The topological polar surface area (TPSA) is 92.3 Å². The highest BCUT2D eigenvalue weighted by Gasteiger charge is 2.32. The molecule has 1 atom stereocenters. The lowest BCUT2D eigenvalue weighted by Crippen LogP contribution is -2.47. The van der Waals surface area contributed by atoms with Gasteiger partial charge in [-0.15, -0.1) is 10.2 Å². The third-order valence-corrected chi connectivity index (χ3v) is 7.25. The molecule has 164 valence electrons. The molecule has 31 heavy (non-hydrogen) atoms. The zero-order valence-corrected chi connectivity index (χ0v) is 20.1. The Morgan fingerprint density at radius 1 is 1.13 bits per heavy atom. The number of halogens is 2. The molecule has 0 spiro atoms. The van der Waals surface area contributed by atoms with Crippen LogP contribution >= 0.6 is 34.5 Å². The van der Waals surface area contributed by atoms with Crippen LogP contribution in [0.2, 0.25) is 10.0 Å². The molecule has 0 unspecified atom stereocenters. The van der Waals surface area contributed by atoms with Crippen LogP contribution in [-0.4, -0.2) is 36.8 Å². The van der Waals surface area contributed by atoms with E-state index < -0.39 is 22.0 Å². The quantitative estimate of drug-likeness (QED) is 0.494. The van der Waals surface area contributed by atoms with Gasteiger partial charge in [-0.2, -0.15) is 0 Å². The number of carbonyl (C=O) groups is 1. The predicted octanol–water partition coefficient (Wildman–Crippen LogP) is 5.00. The highest BCUT2D eigenvalue weighted by Crippen LogP contribution is 2.31. The number of anilines is 2. The van der Waals surface area contributed by atoms with E-state index in [1.807, 2.05) is 31.2 Å². The maximum Gasteiger partial charge on any atom is 0.250 e. The number of benzene rings is 2. The molecular weight excluding hydrogens is 479 g/mol. The maximum absolute atomic E-state index is 13.0. The Morgan fingerprint density at radius 3 is 2.39 bits per heavy atom. The molecule has 0 radical (unpaired) electrons. The van der Waals surface area contributed by atoms with Crippen LogP contribution in [0.5, 0.6) is 0 Å². The van der Waals surface area contributed by atoms with Gasteiger partial charge in [0.15, 0.2) is 0 Å². The van der Waals surface area contributed by atoms with Gasteiger partial charge in [0.1, 0.15) is 11.0 Å². The number of sulfonamides is 1. The lowest BCUT2D eigenvalue weighted by Gasteiger charge is -2.30. The average molecular weight is 499 g/mol. The van der Waals surface area contributed by atoms with Gasteiger partial charge in [-0.05, 0) is 31.5 Å². The third-order valence-electron chi connectivity index (χ3n) is 4.44. The molecule has 0 aliphatic rings. The van der Waals surface area contributed by atoms with Crippen molar-refractivity contribution in [3.63, 3.8) is 0 Å². The Labute approximate surface area is 195 Å². The van der Waals surface area contributed by atoms with Crippen molar-refractivity contribution in [2.45, 2.75) is 26.3 Å². The van der Waals surface area contributed by atoms with Gasteiger partial charge in [0, 0.05) is 5.56 Å². The van der Waals surface area contributed by atoms with Crippen LogP contribution in [0, 0.1) is 6.92 Å². The van der Waals surface area contributed by atoms with E-state index in [0.717, 1.165) is 21.7 Å². The zero-order valence-electron chi connectivity index (χ0n) is 17.0. The van der Waals surface area contributed by atoms with Crippen molar-refractivity contribution in [2.24, 2.45) is 0 Å². The summed E-state index contributed by atoms with van der Waals surface area (Å²) in [5.74, 6) is -0.523. The molecule has 1 aromatic heterocycles. The molecule has 1 N–H and O–H groups in total. The summed E-state index contributed by atoms with van der Waals surface area (Å²) in [6.45, 7) is 3.71. The Morgan fingerprint density at radius 2 is 1.81 bits per heavy atom. The minimum Gasteiger partial charge on any atom is -0.299 e. The van der Waals surface area contributed by atoms with Crippen LogP contribution in [-0.2, 0) is 14.8 Å². The predicted molar refractivity (Wildman–Crippen MR) is 127 cm³/mol. The molecule has 0 fully saturated rings. The third kappa shape index (κ3) is 5.54. The van der Waals surface area contributed by atoms with Gasteiger partial charge in [-0.25, -0.2) is 8.42 Å². The number of carbonyl (C=O) groups excluding carboxylic acids is 1. The van der Waals surface area contributed by atoms with Crippen molar-refractivity contribution in [3.8, 4) is 10.6 Å². The molecule has 0 aliphatic carbocycles. The van der Waals surface area contributed by atoms with E-state index in [2.05, 4.69) is 15.5 Å². The lowest BCUT2D eigenvalue weighted by molar-refractivity contribution is -0.117. The molecule has 1 heterocycles. The van der Waals surface area contributed by atoms with Crippen LogP contribution < -0.4 is 9.62 Å². The summed E-state index contributed by atoms with van der Waals surface area (Å²) in [5, 5.41) is 12.2.